The molecule has 2 rings (SSSR count). The van der Waals surface area contributed by atoms with Crippen LogP contribution in [0.5, 0.6) is 17.2 Å². The Morgan fingerprint density at radius 2 is 1.59 bits per heavy atom. The Balaban J connectivity index is 2.59. The molecule has 0 fully saturated rings. The van der Waals surface area contributed by atoms with Crippen molar-refractivity contribution in [2.45, 2.75) is 52.4 Å². The molecular weight excluding hydrogens is 374 g/mol. The summed E-state index contributed by atoms with van der Waals surface area (Å²) in [6, 6.07) is 7.76. The number of nitro benzene ring substituents is 1. The molecule has 1 atom stereocenters. The zero-order valence-corrected chi connectivity index (χ0v) is 17.6. The van der Waals surface area contributed by atoms with E-state index in [0.29, 0.717) is 11.5 Å². The molecule has 0 radical (unpaired) electrons. The highest BCUT2D eigenvalue weighted by Crippen LogP contribution is 2.41. The molecule has 1 unspecified atom stereocenters. The molecule has 0 heterocycles. The summed E-state index contributed by atoms with van der Waals surface area (Å²) in [7, 11) is 1.37. The highest BCUT2D eigenvalue weighted by Gasteiger charge is 2.24. The maximum atomic E-state index is 12.0. The minimum absolute atomic E-state index is 0.0962. The van der Waals surface area contributed by atoms with Crippen LogP contribution in [-0.4, -0.2) is 23.1 Å². The number of phenols is 1. The van der Waals surface area contributed by atoms with E-state index in [2.05, 4.69) is 0 Å². The normalized spacial score (nSPS) is 12.1. The zero-order valence-electron chi connectivity index (χ0n) is 17.6. The van der Waals surface area contributed by atoms with Gasteiger partial charge in [-0.25, -0.2) is 0 Å². The molecule has 7 heteroatoms. The third-order valence-electron chi connectivity index (χ3n) is 4.83. The molecule has 156 valence electrons. The monoisotopic (exact) mass is 401 g/mol. The lowest BCUT2D eigenvalue weighted by molar-refractivity contribution is -0.385. The number of benzene rings is 2. The quantitative estimate of drug-likeness (QED) is 0.367. The van der Waals surface area contributed by atoms with Crippen LogP contribution in [0.3, 0.4) is 0 Å². The first-order chi connectivity index (χ1) is 13.6. The Morgan fingerprint density at radius 3 is 2.00 bits per heavy atom. The van der Waals surface area contributed by atoms with Gasteiger partial charge in [-0.3, -0.25) is 14.9 Å². The molecule has 0 aliphatic rings. The Hall–Kier alpha value is -3.09. The number of carbonyl (C=O) groups excluding carboxylic acids is 1. The molecule has 0 aliphatic heterocycles. The second-order valence-electron chi connectivity index (χ2n) is 7.59. The number of methoxy groups -OCH3 is 1. The maximum absolute atomic E-state index is 12.0. The summed E-state index contributed by atoms with van der Waals surface area (Å²) in [5.74, 6) is -0.0795. The third-order valence-corrected chi connectivity index (χ3v) is 4.83. The van der Waals surface area contributed by atoms with Gasteiger partial charge < -0.3 is 14.6 Å². The number of phenolic OH excluding ortho intramolecular Hbond substituents is 1. The van der Waals surface area contributed by atoms with Crippen LogP contribution in [-0.2, 0) is 9.53 Å². The molecule has 2 aromatic rings. The third kappa shape index (κ3) is 4.85. The molecule has 0 amide bonds. The summed E-state index contributed by atoms with van der Waals surface area (Å²) in [5.41, 5.74) is 2.26. The number of nitro groups is 1. The summed E-state index contributed by atoms with van der Waals surface area (Å²) in [4.78, 5) is 22.3. The van der Waals surface area contributed by atoms with Crippen LogP contribution < -0.4 is 4.74 Å². The van der Waals surface area contributed by atoms with E-state index >= 15 is 0 Å². The van der Waals surface area contributed by atoms with E-state index in [0.717, 1.165) is 16.7 Å². The van der Waals surface area contributed by atoms with Gasteiger partial charge in [-0.2, -0.15) is 0 Å². The standard InChI is InChI=1S/C22H27NO6/c1-12(2)17-9-15(14(5)22(25)28-6)10-18(13(3)4)21(17)29-16-7-8-19(23(26)27)20(24)11-16/h7-14,24H,1-6H3. The Morgan fingerprint density at radius 1 is 1.03 bits per heavy atom. The lowest BCUT2D eigenvalue weighted by atomic mass is 9.88. The Labute approximate surface area is 170 Å². The van der Waals surface area contributed by atoms with Crippen LogP contribution in [0.4, 0.5) is 5.69 Å². The smallest absolute Gasteiger partial charge is 0.312 e. The highest BCUT2D eigenvalue weighted by atomic mass is 16.6. The van der Waals surface area contributed by atoms with Crippen molar-refractivity contribution in [3.63, 3.8) is 0 Å². The van der Waals surface area contributed by atoms with Crippen molar-refractivity contribution in [2.75, 3.05) is 7.11 Å². The van der Waals surface area contributed by atoms with Gasteiger partial charge in [0.1, 0.15) is 11.5 Å². The first-order valence-electron chi connectivity index (χ1n) is 9.47. The molecule has 0 bridgehead atoms. The number of rotatable bonds is 7. The average Bonchev–Trinajstić information content (AvgIpc) is 2.66. The lowest BCUT2D eigenvalue weighted by Gasteiger charge is -2.23. The minimum Gasteiger partial charge on any atom is -0.502 e. The number of hydrogen-bond donors (Lipinski definition) is 1. The SMILES string of the molecule is COC(=O)C(C)c1cc(C(C)C)c(Oc2ccc([N+](=O)[O-])c(O)c2)c(C(C)C)c1. The second kappa shape index (κ2) is 8.94. The molecule has 7 nitrogen and oxygen atoms in total. The fourth-order valence-electron chi connectivity index (χ4n) is 3.08. The van der Waals surface area contributed by atoms with Crippen molar-refractivity contribution in [3.8, 4) is 17.2 Å². The molecule has 0 aliphatic carbocycles. The van der Waals surface area contributed by atoms with Crippen molar-refractivity contribution in [1.29, 1.82) is 0 Å². The Kier molecular flexibility index (Phi) is 6.84. The molecule has 29 heavy (non-hydrogen) atoms. The van der Waals surface area contributed by atoms with Gasteiger partial charge in [0.15, 0.2) is 5.75 Å². The van der Waals surface area contributed by atoms with Crippen LogP contribution in [0.25, 0.3) is 0 Å². The molecule has 2 aromatic carbocycles. The number of hydrogen-bond acceptors (Lipinski definition) is 6. The van der Waals surface area contributed by atoms with Crippen molar-refractivity contribution in [1.82, 2.24) is 0 Å². The van der Waals surface area contributed by atoms with Gasteiger partial charge in [0.25, 0.3) is 0 Å². The van der Waals surface area contributed by atoms with E-state index in [4.69, 9.17) is 9.47 Å². The van der Waals surface area contributed by atoms with Crippen LogP contribution >= 0.6 is 0 Å². The second-order valence-corrected chi connectivity index (χ2v) is 7.59. The van der Waals surface area contributed by atoms with Crippen LogP contribution in [0.2, 0.25) is 0 Å². The van der Waals surface area contributed by atoms with Gasteiger partial charge in [0, 0.05) is 12.1 Å². The van der Waals surface area contributed by atoms with E-state index in [1.165, 1.54) is 25.3 Å². The number of nitrogens with zero attached hydrogens (tertiary/aromatic N) is 1. The van der Waals surface area contributed by atoms with Gasteiger partial charge in [-0.15, -0.1) is 0 Å². The van der Waals surface area contributed by atoms with E-state index in [1.54, 1.807) is 6.92 Å². The topological polar surface area (TPSA) is 98.9 Å². The number of esters is 1. The van der Waals surface area contributed by atoms with Gasteiger partial charge in [-0.05, 0) is 41.5 Å². The predicted octanol–water partition coefficient (Wildman–Crippen LogP) is 5.62. The van der Waals surface area contributed by atoms with Gasteiger partial charge in [0.2, 0.25) is 0 Å². The minimum atomic E-state index is -0.652. The molecule has 1 N–H and O–H groups in total. The molecular formula is C22H27NO6. The van der Waals surface area contributed by atoms with E-state index in [-0.39, 0.29) is 23.5 Å². The van der Waals surface area contributed by atoms with Gasteiger partial charge in [0.05, 0.1) is 18.0 Å². The predicted molar refractivity (Wildman–Crippen MR) is 110 cm³/mol. The highest BCUT2D eigenvalue weighted by molar-refractivity contribution is 5.78. The molecule has 0 saturated carbocycles. The van der Waals surface area contributed by atoms with Crippen LogP contribution in [0.1, 0.15) is 69.1 Å². The van der Waals surface area contributed by atoms with Gasteiger partial charge >= 0.3 is 11.7 Å². The fourth-order valence-corrected chi connectivity index (χ4v) is 3.08. The summed E-state index contributed by atoms with van der Waals surface area (Å²) in [6.45, 7) is 9.88. The first-order valence-corrected chi connectivity index (χ1v) is 9.47. The maximum Gasteiger partial charge on any atom is 0.312 e. The summed E-state index contributed by atoms with van der Waals surface area (Å²) in [6.07, 6.45) is 0. The van der Waals surface area contributed by atoms with Crippen LogP contribution in [0.15, 0.2) is 30.3 Å². The van der Waals surface area contributed by atoms with E-state index in [9.17, 15) is 20.0 Å². The van der Waals surface area contributed by atoms with E-state index < -0.39 is 16.6 Å². The van der Waals surface area contributed by atoms with Crippen molar-refractivity contribution in [3.05, 3.63) is 57.1 Å². The van der Waals surface area contributed by atoms with Crippen molar-refractivity contribution >= 4 is 11.7 Å². The van der Waals surface area contributed by atoms with Crippen molar-refractivity contribution < 1.29 is 24.3 Å². The number of carbonyl (C=O) groups is 1. The summed E-state index contributed by atoms with van der Waals surface area (Å²) >= 11 is 0. The number of ether oxygens (including phenoxy) is 2. The van der Waals surface area contributed by atoms with Crippen LogP contribution in [0, 0.1) is 10.1 Å². The van der Waals surface area contributed by atoms with Crippen molar-refractivity contribution in [2.24, 2.45) is 0 Å². The average molecular weight is 401 g/mol. The largest absolute Gasteiger partial charge is 0.502 e. The molecule has 0 spiro atoms. The van der Waals surface area contributed by atoms with E-state index in [1.807, 2.05) is 39.8 Å². The zero-order chi connectivity index (χ0) is 21.9. The Bertz CT molecular complexity index is 891. The summed E-state index contributed by atoms with van der Waals surface area (Å²) in [5, 5.41) is 20.9. The summed E-state index contributed by atoms with van der Waals surface area (Å²) < 4.78 is 11.0. The lowest BCUT2D eigenvalue weighted by Crippen LogP contribution is -2.12. The molecule has 0 aromatic heterocycles. The first kappa shape index (κ1) is 22.2. The molecule has 0 saturated heterocycles. The fraction of sp³-hybridized carbons (Fsp3) is 0.409. The number of aromatic hydroxyl groups is 1. The van der Waals surface area contributed by atoms with Gasteiger partial charge in [-0.1, -0.05) is 39.8 Å².